The van der Waals surface area contributed by atoms with E-state index in [1.54, 1.807) is 18.2 Å². The topological polar surface area (TPSA) is 38.3 Å². The molecule has 0 aromatic heterocycles. The minimum Gasteiger partial charge on any atom is -0.633 e. The van der Waals surface area contributed by atoms with Gasteiger partial charge in [0.2, 0.25) is 0 Å². The maximum absolute atomic E-state index is 10.8. The second-order valence-corrected chi connectivity index (χ2v) is 2.80. The van der Waals surface area contributed by atoms with Crippen molar-refractivity contribution in [3.05, 3.63) is 29.8 Å². The van der Waals surface area contributed by atoms with Gasteiger partial charge in [-0.25, -0.2) is 0 Å². The van der Waals surface area contributed by atoms with Crippen LogP contribution in [0.15, 0.2) is 18.2 Å². The quantitative estimate of drug-likeness (QED) is 0.553. The van der Waals surface area contributed by atoms with Crippen LogP contribution in [-0.2, 0) is 21.9 Å². The van der Waals surface area contributed by atoms with Gasteiger partial charge in [0.1, 0.15) is 11.7 Å². The number of carbonyl (C=O) groups is 1. The summed E-state index contributed by atoms with van der Waals surface area (Å²) in [6.45, 7) is 1.12. The smallest absolute Gasteiger partial charge is 0.122 e. The predicted molar refractivity (Wildman–Crippen MR) is 45.0 cm³/mol. The summed E-state index contributed by atoms with van der Waals surface area (Å²) >= 11 is 5.71. The van der Waals surface area contributed by atoms with E-state index in [4.69, 9.17) is 16.3 Å². The van der Waals surface area contributed by atoms with Crippen molar-refractivity contribution in [2.24, 2.45) is 0 Å². The molecule has 3 nitrogen and oxygen atoms in total. The van der Waals surface area contributed by atoms with Crippen molar-refractivity contribution >= 4 is 23.2 Å². The van der Waals surface area contributed by atoms with Crippen LogP contribution in [0.5, 0.6) is 5.75 Å². The molecule has 0 unspecified atom stereocenters. The SMILES string of the molecule is O=C1[CH-]Oc2ccc(Cl)cc2N1.[Fe]. The van der Waals surface area contributed by atoms with Crippen LogP contribution >= 0.6 is 11.6 Å². The third kappa shape index (κ3) is 2.10. The molecule has 1 N–H and O–H groups in total. The van der Waals surface area contributed by atoms with Gasteiger partial charge in [-0.1, -0.05) is 11.6 Å². The number of nitrogens with one attached hydrogen (secondary N) is 1. The molecule has 0 saturated carbocycles. The minimum absolute atomic E-state index is 0. The summed E-state index contributed by atoms with van der Waals surface area (Å²) in [6, 6.07) is 5.04. The molecule has 1 aromatic rings. The Hall–Kier alpha value is -0.831. The first-order chi connectivity index (χ1) is 5.75. The van der Waals surface area contributed by atoms with Crippen LogP contribution < -0.4 is 10.1 Å². The average Bonchev–Trinajstić information content (AvgIpc) is 2.03. The number of fused-ring (bicyclic) bond motifs is 1. The monoisotopic (exact) mass is 238 g/mol. The Bertz CT molecular complexity index is 343. The number of halogens is 1. The van der Waals surface area contributed by atoms with Crippen molar-refractivity contribution in [2.45, 2.75) is 0 Å². The number of hydrogen-bond acceptors (Lipinski definition) is 2. The molecule has 0 fully saturated rings. The van der Waals surface area contributed by atoms with E-state index in [0.29, 0.717) is 16.5 Å². The van der Waals surface area contributed by atoms with Gasteiger partial charge >= 0.3 is 0 Å². The van der Waals surface area contributed by atoms with E-state index < -0.39 is 0 Å². The molecule has 0 aliphatic carbocycles. The fraction of sp³-hybridized carbons (Fsp3) is 0. The van der Waals surface area contributed by atoms with Crippen molar-refractivity contribution in [3.8, 4) is 5.75 Å². The molecule has 1 aliphatic heterocycles. The Morgan fingerprint density at radius 3 is 3.00 bits per heavy atom. The van der Waals surface area contributed by atoms with Gasteiger partial charge in [0.05, 0.1) is 5.69 Å². The Morgan fingerprint density at radius 2 is 2.23 bits per heavy atom. The minimum atomic E-state index is -0.273. The molecular weight excluding hydrogens is 233 g/mol. The van der Waals surface area contributed by atoms with Crippen LogP contribution in [0.4, 0.5) is 5.69 Å². The molecule has 0 radical (unpaired) electrons. The summed E-state index contributed by atoms with van der Waals surface area (Å²) in [7, 11) is 0. The second-order valence-electron chi connectivity index (χ2n) is 2.37. The van der Waals surface area contributed by atoms with Crippen molar-refractivity contribution in [2.75, 3.05) is 5.32 Å². The standard InChI is InChI=1S/C8H5ClNO2.Fe/c9-5-1-2-7-6(3-5)10-8(11)4-12-7;/h1-4H,(H,10,11);/q-1;. The van der Waals surface area contributed by atoms with E-state index in [1.807, 2.05) is 0 Å². The van der Waals surface area contributed by atoms with Crippen LogP contribution in [0.2, 0.25) is 5.02 Å². The molecule has 1 heterocycles. The zero-order valence-electron chi connectivity index (χ0n) is 6.36. The van der Waals surface area contributed by atoms with E-state index in [0.717, 1.165) is 6.61 Å². The molecule has 0 bridgehead atoms. The number of hydrogen-bond donors (Lipinski definition) is 1. The van der Waals surface area contributed by atoms with Crippen LogP contribution in [0.25, 0.3) is 0 Å². The number of ether oxygens (including phenoxy) is 1. The Morgan fingerprint density at radius 1 is 1.46 bits per heavy atom. The zero-order chi connectivity index (χ0) is 8.55. The van der Waals surface area contributed by atoms with Gasteiger partial charge < -0.3 is 14.8 Å². The molecule has 0 atom stereocenters. The van der Waals surface area contributed by atoms with Crippen molar-refractivity contribution < 1.29 is 26.6 Å². The summed E-state index contributed by atoms with van der Waals surface area (Å²) in [5, 5.41) is 3.17. The largest absolute Gasteiger partial charge is 0.633 e. The first-order valence-corrected chi connectivity index (χ1v) is 3.74. The Balaban J connectivity index is 0.000000845. The van der Waals surface area contributed by atoms with Crippen molar-refractivity contribution in [1.82, 2.24) is 0 Å². The average molecular weight is 238 g/mol. The first-order valence-electron chi connectivity index (χ1n) is 3.36. The third-order valence-corrected chi connectivity index (χ3v) is 1.73. The summed E-state index contributed by atoms with van der Waals surface area (Å²) in [5.41, 5.74) is 0.606. The molecular formula is C8H5ClFeNO2-. The Labute approximate surface area is 90.9 Å². The second kappa shape index (κ2) is 3.92. The van der Waals surface area contributed by atoms with E-state index >= 15 is 0 Å². The number of rotatable bonds is 0. The number of anilines is 1. The third-order valence-electron chi connectivity index (χ3n) is 1.49. The van der Waals surface area contributed by atoms with E-state index in [1.165, 1.54) is 0 Å². The van der Waals surface area contributed by atoms with Gasteiger partial charge in [-0.3, -0.25) is 0 Å². The molecule has 1 amide bonds. The van der Waals surface area contributed by atoms with Crippen molar-refractivity contribution in [3.63, 3.8) is 0 Å². The predicted octanol–water partition coefficient (Wildman–Crippen LogP) is 1.83. The van der Waals surface area contributed by atoms with Crippen LogP contribution in [0, 0.1) is 6.61 Å². The van der Waals surface area contributed by atoms with Crippen molar-refractivity contribution in [1.29, 1.82) is 0 Å². The fourth-order valence-electron chi connectivity index (χ4n) is 0.982. The number of benzene rings is 1. The number of carbonyl (C=O) groups excluding carboxylic acids is 1. The van der Waals surface area contributed by atoms with Crippen LogP contribution in [0.3, 0.4) is 0 Å². The van der Waals surface area contributed by atoms with Crippen LogP contribution in [0.1, 0.15) is 0 Å². The molecule has 13 heavy (non-hydrogen) atoms. The molecule has 1 aliphatic rings. The summed E-state index contributed by atoms with van der Waals surface area (Å²) < 4.78 is 5.00. The summed E-state index contributed by atoms with van der Waals surface area (Å²) in [6.07, 6.45) is 0. The van der Waals surface area contributed by atoms with E-state index in [2.05, 4.69) is 5.32 Å². The molecule has 0 spiro atoms. The van der Waals surface area contributed by atoms with Gasteiger partial charge in [-0.15, -0.1) is 6.61 Å². The molecule has 0 saturated heterocycles. The maximum atomic E-state index is 10.8. The molecule has 2 rings (SSSR count). The van der Waals surface area contributed by atoms with Gasteiger partial charge in [0.15, 0.2) is 0 Å². The van der Waals surface area contributed by atoms with Gasteiger partial charge in [-0.2, -0.15) is 0 Å². The van der Waals surface area contributed by atoms with Crippen LogP contribution in [-0.4, -0.2) is 5.91 Å². The molecule has 5 heteroatoms. The number of amides is 1. The molecule has 70 valence electrons. The van der Waals surface area contributed by atoms with E-state index in [9.17, 15) is 4.79 Å². The fourth-order valence-corrected chi connectivity index (χ4v) is 1.15. The van der Waals surface area contributed by atoms with Gasteiger partial charge in [0, 0.05) is 22.1 Å². The van der Waals surface area contributed by atoms with E-state index in [-0.39, 0.29) is 23.0 Å². The maximum Gasteiger partial charge on any atom is 0.122 e. The summed E-state index contributed by atoms with van der Waals surface area (Å²) in [5.74, 6) is 0.337. The first kappa shape index (κ1) is 10.3. The molecule has 1 aromatic carbocycles. The zero-order valence-corrected chi connectivity index (χ0v) is 8.22. The van der Waals surface area contributed by atoms with Gasteiger partial charge in [0.25, 0.3) is 0 Å². The van der Waals surface area contributed by atoms with Gasteiger partial charge in [-0.05, 0) is 18.2 Å². The summed E-state index contributed by atoms with van der Waals surface area (Å²) in [4.78, 5) is 10.8. The normalized spacial score (nSPS) is 12.8. The Kier molecular flexibility index (Phi) is 3.09.